The second-order valence-electron chi connectivity index (χ2n) is 6.66. The number of benzene rings is 3. The Hall–Kier alpha value is -3.11. The van der Waals surface area contributed by atoms with E-state index in [1.807, 2.05) is 60.7 Å². The number of hydrogen-bond donors (Lipinski definition) is 1. The molecule has 0 saturated heterocycles. The molecule has 3 rings (SSSR count). The maximum absolute atomic E-state index is 12.9. The van der Waals surface area contributed by atoms with Gasteiger partial charge in [-0.05, 0) is 48.4 Å². The summed E-state index contributed by atoms with van der Waals surface area (Å²) in [5, 5.41) is 3.49. The summed E-state index contributed by atoms with van der Waals surface area (Å²) in [5.74, 6) is -0.116. The fourth-order valence-electron chi connectivity index (χ4n) is 3.01. The van der Waals surface area contributed by atoms with Gasteiger partial charge in [0.15, 0.2) is 0 Å². The van der Waals surface area contributed by atoms with Crippen molar-refractivity contribution in [1.82, 2.24) is 5.32 Å². The summed E-state index contributed by atoms with van der Waals surface area (Å²) in [6, 6.07) is 26.1. The van der Waals surface area contributed by atoms with Crippen LogP contribution in [0.3, 0.4) is 0 Å². The van der Waals surface area contributed by atoms with Crippen molar-refractivity contribution >= 4 is 29.1 Å². The summed E-state index contributed by atoms with van der Waals surface area (Å²) >= 11 is 5.85. The van der Waals surface area contributed by atoms with Gasteiger partial charge in [0.05, 0.1) is 6.42 Å². The smallest absolute Gasteiger partial charge is 0.251 e. The van der Waals surface area contributed by atoms with Crippen LogP contribution in [0.2, 0.25) is 5.02 Å². The Morgan fingerprint density at radius 2 is 1.45 bits per heavy atom. The predicted octanol–water partition coefficient (Wildman–Crippen LogP) is 4.74. The number of nitrogens with zero attached hydrogens (tertiary/aromatic N) is 1. The van der Waals surface area contributed by atoms with E-state index in [0.717, 1.165) is 11.3 Å². The van der Waals surface area contributed by atoms with E-state index in [1.165, 1.54) is 0 Å². The van der Waals surface area contributed by atoms with Crippen LogP contribution in [0.5, 0.6) is 0 Å². The van der Waals surface area contributed by atoms with Crippen molar-refractivity contribution < 1.29 is 9.59 Å². The number of halogens is 1. The summed E-state index contributed by atoms with van der Waals surface area (Å²) in [7, 11) is 0. The van der Waals surface area contributed by atoms with Crippen LogP contribution in [-0.2, 0) is 11.2 Å². The Labute approximate surface area is 176 Å². The van der Waals surface area contributed by atoms with Crippen molar-refractivity contribution in [2.45, 2.75) is 12.8 Å². The van der Waals surface area contributed by atoms with Crippen LogP contribution in [-0.4, -0.2) is 24.9 Å². The van der Waals surface area contributed by atoms with Crippen molar-refractivity contribution in [2.24, 2.45) is 0 Å². The maximum Gasteiger partial charge on any atom is 0.251 e. The highest BCUT2D eigenvalue weighted by atomic mass is 35.5. The molecule has 0 radical (unpaired) electrons. The minimum absolute atomic E-state index is 0.0337. The van der Waals surface area contributed by atoms with E-state index in [-0.39, 0.29) is 11.8 Å². The Morgan fingerprint density at radius 3 is 2.10 bits per heavy atom. The third kappa shape index (κ3) is 6.19. The molecule has 148 valence electrons. The lowest BCUT2D eigenvalue weighted by Gasteiger charge is -2.23. The van der Waals surface area contributed by atoms with Gasteiger partial charge < -0.3 is 10.2 Å². The molecule has 2 amide bonds. The fraction of sp³-hybridized carbons (Fsp3) is 0.167. The zero-order valence-corrected chi connectivity index (χ0v) is 16.8. The van der Waals surface area contributed by atoms with Crippen molar-refractivity contribution in [2.75, 3.05) is 18.0 Å². The van der Waals surface area contributed by atoms with Crippen LogP contribution in [0.1, 0.15) is 22.3 Å². The molecule has 0 fully saturated rings. The minimum Gasteiger partial charge on any atom is -0.352 e. The molecule has 0 spiro atoms. The third-order valence-electron chi connectivity index (χ3n) is 4.52. The van der Waals surface area contributed by atoms with Crippen LogP contribution in [0, 0.1) is 0 Å². The van der Waals surface area contributed by atoms with Crippen LogP contribution in [0.15, 0.2) is 84.9 Å². The molecule has 5 heteroatoms. The first-order valence-corrected chi connectivity index (χ1v) is 9.94. The molecule has 3 aromatic rings. The molecule has 0 bridgehead atoms. The van der Waals surface area contributed by atoms with Crippen LogP contribution in [0.4, 0.5) is 5.69 Å². The molecular weight excluding hydrogens is 384 g/mol. The quantitative estimate of drug-likeness (QED) is 0.549. The SMILES string of the molecule is O=C(NCCCN(C(=O)Cc1ccccc1)c1ccccc1)c1ccc(Cl)cc1. The standard InChI is InChI=1S/C24H23ClN2O2/c25-21-14-12-20(13-15-21)24(29)26-16-7-17-27(22-10-5-2-6-11-22)23(28)18-19-8-3-1-4-9-19/h1-6,8-15H,7,16-18H2,(H,26,29). The first-order chi connectivity index (χ1) is 14.1. The van der Waals surface area contributed by atoms with E-state index in [2.05, 4.69) is 5.32 Å². The molecule has 0 atom stereocenters. The lowest BCUT2D eigenvalue weighted by Crippen LogP contribution is -2.35. The lowest BCUT2D eigenvalue weighted by atomic mass is 10.1. The second kappa shape index (κ2) is 10.4. The van der Waals surface area contributed by atoms with Crippen LogP contribution >= 0.6 is 11.6 Å². The van der Waals surface area contributed by atoms with E-state index < -0.39 is 0 Å². The van der Waals surface area contributed by atoms with Gasteiger partial charge in [0.25, 0.3) is 5.91 Å². The molecule has 0 aliphatic carbocycles. The van der Waals surface area contributed by atoms with Gasteiger partial charge in [-0.15, -0.1) is 0 Å². The highest BCUT2D eigenvalue weighted by molar-refractivity contribution is 6.30. The second-order valence-corrected chi connectivity index (χ2v) is 7.10. The summed E-state index contributed by atoms with van der Waals surface area (Å²) in [5.41, 5.74) is 2.40. The van der Waals surface area contributed by atoms with Gasteiger partial charge in [0, 0.05) is 29.4 Å². The number of hydrogen-bond acceptors (Lipinski definition) is 2. The Kier molecular flexibility index (Phi) is 7.42. The van der Waals surface area contributed by atoms with Gasteiger partial charge in [-0.25, -0.2) is 0 Å². The Bertz CT molecular complexity index is 928. The number of para-hydroxylation sites is 1. The molecule has 0 heterocycles. The fourth-order valence-corrected chi connectivity index (χ4v) is 3.14. The van der Waals surface area contributed by atoms with E-state index in [0.29, 0.717) is 36.5 Å². The molecule has 4 nitrogen and oxygen atoms in total. The van der Waals surface area contributed by atoms with Crippen molar-refractivity contribution in [1.29, 1.82) is 0 Å². The lowest BCUT2D eigenvalue weighted by molar-refractivity contribution is -0.118. The van der Waals surface area contributed by atoms with Crippen molar-refractivity contribution in [3.05, 3.63) is 101 Å². The molecule has 0 unspecified atom stereocenters. The summed E-state index contributed by atoms with van der Waals surface area (Å²) in [4.78, 5) is 26.9. The monoisotopic (exact) mass is 406 g/mol. The summed E-state index contributed by atoms with van der Waals surface area (Å²) in [6.45, 7) is 1.000. The maximum atomic E-state index is 12.9. The van der Waals surface area contributed by atoms with Crippen molar-refractivity contribution in [3.63, 3.8) is 0 Å². The molecular formula is C24H23ClN2O2. The molecule has 3 aromatic carbocycles. The van der Waals surface area contributed by atoms with Gasteiger partial charge >= 0.3 is 0 Å². The summed E-state index contributed by atoms with van der Waals surface area (Å²) in [6.07, 6.45) is 0.988. The molecule has 1 N–H and O–H groups in total. The molecule has 29 heavy (non-hydrogen) atoms. The zero-order valence-electron chi connectivity index (χ0n) is 16.1. The van der Waals surface area contributed by atoms with Crippen LogP contribution < -0.4 is 10.2 Å². The highest BCUT2D eigenvalue weighted by Crippen LogP contribution is 2.16. The first kappa shape index (κ1) is 20.6. The Balaban J connectivity index is 1.58. The minimum atomic E-state index is -0.150. The van der Waals surface area contributed by atoms with Gasteiger partial charge in [0.1, 0.15) is 0 Å². The Morgan fingerprint density at radius 1 is 0.828 bits per heavy atom. The molecule has 0 aromatic heterocycles. The number of carbonyl (C=O) groups excluding carboxylic acids is 2. The van der Waals surface area contributed by atoms with Crippen molar-refractivity contribution in [3.8, 4) is 0 Å². The number of rotatable bonds is 8. The molecule has 0 aliphatic heterocycles. The van der Waals surface area contributed by atoms with Crippen LogP contribution in [0.25, 0.3) is 0 Å². The van der Waals surface area contributed by atoms with E-state index >= 15 is 0 Å². The van der Waals surface area contributed by atoms with Gasteiger partial charge in [-0.2, -0.15) is 0 Å². The number of nitrogens with one attached hydrogen (secondary N) is 1. The van der Waals surface area contributed by atoms with Gasteiger partial charge in [-0.1, -0.05) is 60.1 Å². The number of carbonyl (C=O) groups is 2. The van der Waals surface area contributed by atoms with Gasteiger partial charge in [0.2, 0.25) is 5.91 Å². The zero-order chi connectivity index (χ0) is 20.5. The first-order valence-electron chi connectivity index (χ1n) is 9.56. The largest absolute Gasteiger partial charge is 0.352 e. The average Bonchev–Trinajstić information content (AvgIpc) is 2.75. The molecule has 0 aliphatic rings. The average molecular weight is 407 g/mol. The third-order valence-corrected chi connectivity index (χ3v) is 4.77. The number of anilines is 1. The number of amides is 2. The van der Waals surface area contributed by atoms with Gasteiger partial charge in [-0.3, -0.25) is 9.59 Å². The van der Waals surface area contributed by atoms with E-state index in [4.69, 9.17) is 11.6 Å². The van der Waals surface area contributed by atoms with E-state index in [1.54, 1.807) is 29.2 Å². The summed E-state index contributed by atoms with van der Waals surface area (Å²) < 4.78 is 0. The van der Waals surface area contributed by atoms with E-state index in [9.17, 15) is 9.59 Å². The topological polar surface area (TPSA) is 49.4 Å². The normalized spacial score (nSPS) is 10.4. The highest BCUT2D eigenvalue weighted by Gasteiger charge is 2.16. The predicted molar refractivity (Wildman–Crippen MR) is 117 cm³/mol. The molecule has 0 saturated carbocycles.